The summed E-state index contributed by atoms with van der Waals surface area (Å²) in [5.74, 6) is 0.0801. The second kappa shape index (κ2) is 7.85. The number of esters is 1. The number of benzene rings is 2. The number of anilines is 1. The minimum Gasteiger partial charge on any atom is -0.497 e. The first-order valence-electron chi connectivity index (χ1n) is 7.40. The van der Waals surface area contributed by atoms with Gasteiger partial charge in [-0.15, -0.1) is 6.58 Å². The predicted molar refractivity (Wildman–Crippen MR) is 95.5 cm³/mol. The Bertz CT molecular complexity index is 842. The Hall–Kier alpha value is -2.80. The van der Waals surface area contributed by atoms with Gasteiger partial charge in [0.1, 0.15) is 5.75 Å². The molecule has 0 amide bonds. The quantitative estimate of drug-likeness (QED) is 0.560. The SMILES string of the molecule is C=CCN(c1ccc(C(=O)OC)cc1)S(=O)(=O)c1ccc(OC)cc1. The van der Waals surface area contributed by atoms with Crippen LogP contribution in [0.1, 0.15) is 10.4 Å². The highest BCUT2D eigenvalue weighted by Crippen LogP contribution is 2.25. The molecule has 0 radical (unpaired) electrons. The zero-order valence-corrected chi connectivity index (χ0v) is 14.8. The van der Waals surface area contributed by atoms with Crippen LogP contribution in [0.5, 0.6) is 5.75 Å². The third kappa shape index (κ3) is 4.00. The van der Waals surface area contributed by atoms with E-state index in [0.29, 0.717) is 17.0 Å². The van der Waals surface area contributed by atoms with Crippen LogP contribution in [0, 0.1) is 0 Å². The van der Waals surface area contributed by atoms with Gasteiger partial charge in [-0.05, 0) is 48.5 Å². The largest absolute Gasteiger partial charge is 0.497 e. The number of ether oxygens (including phenoxy) is 2. The van der Waals surface area contributed by atoms with Crippen molar-refractivity contribution in [2.45, 2.75) is 4.90 Å². The Balaban J connectivity index is 2.41. The van der Waals surface area contributed by atoms with Crippen molar-refractivity contribution in [2.75, 3.05) is 25.1 Å². The number of rotatable bonds is 7. The molecule has 7 heteroatoms. The molecule has 0 bridgehead atoms. The number of carbonyl (C=O) groups excluding carboxylic acids is 1. The second-order valence-corrected chi connectivity index (χ2v) is 6.90. The standard InChI is InChI=1S/C18H19NO5S/c1-4-13-19(15-7-5-14(6-8-15)18(20)24-3)25(21,22)17-11-9-16(23-2)10-12-17/h4-12H,1,13H2,2-3H3. The molecule has 25 heavy (non-hydrogen) atoms. The summed E-state index contributed by atoms with van der Waals surface area (Å²) in [6, 6.07) is 12.3. The van der Waals surface area contributed by atoms with Gasteiger partial charge in [0.2, 0.25) is 0 Å². The van der Waals surface area contributed by atoms with Crippen LogP contribution in [0.2, 0.25) is 0 Å². The third-order valence-corrected chi connectivity index (χ3v) is 5.33. The lowest BCUT2D eigenvalue weighted by atomic mass is 10.2. The third-order valence-electron chi connectivity index (χ3n) is 3.52. The highest BCUT2D eigenvalue weighted by molar-refractivity contribution is 7.92. The van der Waals surface area contributed by atoms with Gasteiger partial charge in [0.15, 0.2) is 0 Å². The minimum absolute atomic E-state index is 0.0892. The van der Waals surface area contributed by atoms with Crippen LogP contribution in [0.4, 0.5) is 5.69 Å². The molecule has 0 N–H and O–H groups in total. The Morgan fingerprint density at radius 2 is 1.68 bits per heavy atom. The van der Waals surface area contributed by atoms with E-state index in [-0.39, 0.29) is 11.4 Å². The van der Waals surface area contributed by atoms with Gasteiger partial charge in [-0.2, -0.15) is 0 Å². The Kier molecular flexibility index (Phi) is 5.82. The Morgan fingerprint density at radius 1 is 1.08 bits per heavy atom. The average molecular weight is 361 g/mol. The first-order chi connectivity index (χ1) is 11.9. The highest BCUT2D eigenvalue weighted by Gasteiger charge is 2.24. The number of hydrogen-bond acceptors (Lipinski definition) is 5. The van der Waals surface area contributed by atoms with E-state index in [1.165, 1.54) is 48.9 Å². The molecule has 0 spiro atoms. The van der Waals surface area contributed by atoms with E-state index in [2.05, 4.69) is 11.3 Å². The summed E-state index contributed by atoms with van der Waals surface area (Å²) in [5.41, 5.74) is 0.759. The lowest BCUT2D eigenvalue weighted by Gasteiger charge is -2.23. The molecule has 132 valence electrons. The van der Waals surface area contributed by atoms with Crippen molar-refractivity contribution >= 4 is 21.7 Å². The van der Waals surface area contributed by atoms with Crippen molar-refractivity contribution < 1.29 is 22.7 Å². The van der Waals surface area contributed by atoms with Crippen LogP contribution in [0.25, 0.3) is 0 Å². The summed E-state index contributed by atoms with van der Waals surface area (Å²) in [7, 11) is -0.993. The molecule has 6 nitrogen and oxygen atoms in total. The summed E-state index contributed by atoms with van der Waals surface area (Å²) in [6.45, 7) is 3.71. The number of sulfonamides is 1. The van der Waals surface area contributed by atoms with Crippen LogP contribution in [-0.4, -0.2) is 35.2 Å². The molecule has 0 fully saturated rings. The summed E-state index contributed by atoms with van der Waals surface area (Å²) >= 11 is 0. The van der Waals surface area contributed by atoms with Gasteiger partial charge >= 0.3 is 5.97 Å². The van der Waals surface area contributed by atoms with E-state index in [9.17, 15) is 13.2 Å². The summed E-state index contributed by atoms with van der Waals surface area (Å²) < 4.78 is 36.8. The van der Waals surface area contributed by atoms with Gasteiger partial charge in [0.25, 0.3) is 10.0 Å². The summed E-state index contributed by atoms with van der Waals surface area (Å²) in [4.78, 5) is 11.6. The van der Waals surface area contributed by atoms with E-state index in [4.69, 9.17) is 4.74 Å². The molecule has 2 rings (SSSR count). The molecular weight excluding hydrogens is 342 g/mol. The predicted octanol–water partition coefficient (Wildman–Crippen LogP) is 2.86. The monoisotopic (exact) mass is 361 g/mol. The Morgan fingerprint density at radius 3 is 2.16 bits per heavy atom. The van der Waals surface area contributed by atoms with Crippen molar-refractivity contribution in [3.63, 3.8) is 0 Å². The topological polar surface area (TPSA) is 72.9 Å². The molecule has 0 aromatic heterocycles. The molecule has 0 aliphatic rings. The zero-order chi connectivity index (χ0) is 18.4. The number of hydrogen-bond donors (Lipinski definition) is 0. The van der Waals surface area contributed by atoms with Crippen molar-refractivity contribution in [2.24, 2.45) is 0 Å². The summed E-state index contributed by atoms with van der Waals surface area (Å²) in [5, 5.41) is 0. The zero-order valence-electron chi connectivity index (χ0n) is 14.0. The van der Waals surface area contributed by atoms with Gasteiger partial charge in [-0.3, -0.25) is 4.31 Å². The smallest absolute Gasteiger partial charge is 0.337 e. The van der Waals surface area contributed by atoms with Gasteiger partial charge in [-0.25, -0.2) is 13.2 Å². The second-order valence-electron chi connectivity index (χ2n) is 5.04. The van der Waals surface area contributed by atoms with Gasteiger partial charge in [0, 0.05) is 0 Å². The van der Waals surface area contributed by atoms with Crippen LogP contribution < -0.4 is 9.04 Å². The van der Waals surface area contributed by atoms with Crippen LogP contribution in [0.15, 0.2) is 66.1 Å². The van der Waals surface area contributed by atoms with E-state index < -0.39 is 16.0 Å². The first-order valence-corrected chi connectivity index (χ1v) is 8.84. The molecule has 0 atom stereocenters. The maximum Gasteiger partial charge on any atom is 0.337 e. The summed E-state index contributed by atoms with van der Waals surface area (Å²) in [6.07, 6.45) is 1.50. The van der Waals surface area contributed by atoms with Crippen molar-refractivity contribution in [1.82, 2.24) is 0 Å². The number of methoxy groups -OCH3 is 2. The van der Waals surface area contributed by atoms with E-state index >= 15 is 0 Å². The Labute approximate surface area is 147 Å². The first kappa shape index (κ1) is 18.5. The van der Waals surface area contributed by atoms with E-state index in [1.807, 2.05) is 0 Å². The number of nitrogens with zero attached hydrogens (tertiary/aromatic N) is 1. The van der Waals surface area contributed by atoms with Gasteiger partial charge in [-0.1, -0.05) is 6.08 Å². The van der Waals surface area contributed by atoms with E-state index in [1.54, 1.807) is 24.3 Å². The fourth-order valence-electron chi connectivity index (χ4n) is 2.22. The molecule has 0 unspecified atom stereocenters. The van der Waals surface area contributed by atoms with Crippen molar-refractivity contribution in [1.29, 1.82) is 0 Å². The van der Waals surface area contributed by atoms with Crippen LogP contribution >= 0.6 is 0 Å². The average Bonchev–Trinajstić information content (AvgIpc) is 2.65. The number of carbonyl (C=O) groups is 1. The molecular formula is C18H19NO5S. The van der Waals surface area contributed by atoms with E-state index in [0.717, 1.165) is 0 Å². The minimum atomic E-state index is -3.79. The molecule has 0 saturated heterocycles. The molecule has 0 aliphatic carbocycles. The molecule has 0 saturated carbocycles. The molecule has 2 aromatic rings. The lowest BCUT2D eigenvalue weighted by molar-refractivity contribution is 0.0601. The maximum atomic E-state index is 12.9. The maximum absolute atomic E-state index is 12.9. The lowest BCUT2D eigenvalue weighted by Crippen LogP contribution is -2.31. The molecule has 2 aromatic carbocycles. The fourth-order valence-corrected chi connectivity index (χ4v) is 3.65. The van der Waals surface area contributed by atoms with Crippen molar-refractivity contribution in [3.05, 3.63) is 66.7 Å². The normalized spacial score (nSPS) is 10.8. The van der Waals surface area contributed by atoms with Gasteiger partial charge in [0.05, 0.1) is 36.9 Å². The fraction of sp³-hybridized carbons (Fsp3) is 0.167. The van der Waals surface area contributed by atoms with Crippen LogP contribution in [0.3, 0.4) is 0 Å². The van der Waals surface area contributed by atoms with Crippen molar-refractivity contribution in [3.8, 4) is 5.75 Å². The highest BCUT2D eigenvalue weighted by atomic mass is 32.2. The molecule has 0 aliphatic heterocycles. The van der Waals surface area contributed by atoms with Gasteiger partial charge < -0.3 is 9.47 Å². The van der Waals surface area contributed by atoms with Crippen LogP contribution in [-0.2, 0) is 14.8 Å². The molecule has 0 heterocycles.